The number of carbonyl (C=O) groups excluding carboxylic acids is 2. The van der Waals surface area contributed by atoms with Crippen molar-refractivity contribution in [2.24, 2.45) is 5.92 Å². The number of hydrogen-bond donors (Lipinski definition) is 2. The molecule has 0 bridgehead atoms. The van der Waals surface area contributed by atoms with Crippen molar-refractivity contribution in [1.29, 1.82) is 0 Å². The van der Waals surface area contributed by atoms with Crippen LogP contribution in [0, 0.1) is 25.6 Å². The molecule has 2 fully saturated rings. The van der Waals surface area contributed by atoms with Gasteiger partial charge in [0.25, 0.3) is 0 Å². The van der Waals surface area contributed by atoms with E-state index in [1.165, 1.54) is 23.3 Å². The van der Waals surface area contributed by atoms with Crippen molar-refractivity contribution < 1.29 is 14.0 Å². The highest BCUT2D eigenvalue weighted by atomic mass is 19.1. The summed E-state index contributed by atoms with van der Waals surface area (Å²) in [5.74, 6) is 0.0504. The largest absolute Gasteiger partial charge is 0.342 e. The van der Waals surface area contributed by atoms with Gasteiger partial charge in [0.15, 0.2) is 0 Å². The number of aryl methyl sites for hydroxylation is 2. The number of amides is 3. The van der Waals surface area contributed by atoms with Gasteiger partial charge >= 0.3 is 6.03 Å². The van der Waals surface area contributed by atoms with E-state index in [9.17, 15) is 14.0 Å². The summed E-state index contributed by atoms with van der Waals surface area (Å²) < 4.78 is 13.3. The molecule has 0 spiro atoms. The van der Waals surface area contributed by atoms with Crippen molar-refractivity contribution in [1.82, 2.24) is 10.2 Å². The second-order valence-electron chi connectivity index (χ2n) is 9.06. The van der Waals surface area contributed by atoms with E-state index < -0.39 is 5.82 Å². The topological polar surface area (TPSA) is 61.4 Å². The van der Waals surface area contributed by atoms with Crippen molar-refractivity contribution in [3.05, 3.63) is 65.0 Å². The Bertz CT molecular complexity index is 966. The minimum absolute atomic E-state index is 0.214. The molecule has 5 nitrogen and oxygen atoms in total. The number of urea groups is 1. The molecule has 164 valence electrons. The standard InChI is InChI=1S/C25H30FN3O2/c1-17-11-18(2)13-20(12-17)25(8-9-25)23(30)29-10-4-5-19(16-29)15-27-24(31)28-22-7-3-6-21(26)14-22/h3,6-7,11-14,19H,4-5,8-10,15-16H2,1-2H3,(H2,27,28,31). The average molecular weight is 424 g/mol. The van der Waals surface area contributed by atoms with Gasteiger partial charge in [0.1, 0.15) is 5.82 Å². The molecule has 0 radical (unpaired) electrons. The molecule has 1 aliphatic carbocycles. The molecule has 1 saturated heterocycles. The summed E-state index contributed by atoms with van der Waals surface area (Å²) in [6, 6.07) is 11.9. The predicted octanol–water partition coefficient (Wildman–Crippen LogP) is 4.53. The quantitative estimate of drug-likeness (QED) is 0.742. The molecule has 1 aliphatic heterocycles. The number of carbonyl (C=O) groups is 2. The number of anilines is 1. The number of hydrogen-bond acceptors (Lipinski definition) is 2. The van der Waals surface area contributed by atoms with E-state index >= 15 is 0 Å². The fraction of sp³-hybridized carbons (Fsp3) is 0.440. The molecule has 0 aromatic heterocycles. The maximum absolute atomic E-state index is 13.5. The van der Waals surface area contributed by atoms with Crippen LogP contribution < -0.4 is 10.6 Å². The van der Waals surface area contributed by atoms with Gasteiger partial charge in [-0.05, 0) is 69.2 Å². The highest BCUT2D eigenvalue weighted by molar-refractivity contribution is 5.91. The molecular formula is C25H30FN3O2. The third-order valence-electron chi connectivity index (χ3n) is 6.37. The monoisotopic (exact) mass is 423 g/mol. The van der Waals surface area contributed by atoms with Crippen LogP contribution in [0.15, 0.2) is 42.5 Å². The maximum Gasteiger partial charge on any atom is 0.319 e. The van der Waals surface area contributed by atoms with Gasteiger partial charge in [0.2, 0.25) is 5.91 Å². The molecule has 1 unspecified atom stereocenters. The Morgan fingerprint density at radius 1 is 1.13 bits per heavy atom. The molecule has 6 heteroatoms. The van der Waals surface area contributed by atoms with E-state index in [-0.39, 0.29) is 23.3 Å². The van der Waals surface area contributed by atoms with Crippen molar-refractivity contribution in [3.63, 3.8) is 0 Å². The lowest BCUT2D eigenvalue weighted by Gasteiger charge is -2.35. The Balaban J connectivity index is 1.34. The number of nitrogens with zero attached hydrogens (tertiary/aromatic N) is 1. The van der Waals surface area contributed by atoms with Crippen molar-refractivity contribution in [3.8, 4) is 0 Å². The van der Waals surface area contributed by atoms with Gasteiger partial charge in [-0.1, -0.05) is 35.4 Å². The van der Waals surface area contributed by atoms with Crippen molar-refractivity contribution in [2.75, 3.05) is 25.0 Å². The smallest absolute Gasteiger partial charge is 0.319 e. The summed E-state index contributed by atoms with van der Waals surface area (Å²) in [5.41, 5.74) is 3.59. The van der Waals surface area contributed by atoms with Gasteiger partial charge in [0, 0.05) is 25.3 Å². The van der Waals surface area contributed by atoms with E-state index in [1.54, 1.807) is 12.1 Å². The van der Waals surface area contributed by atoms with E-state index in [4.69, 9.17) is 0 Å². The number of benzene rings is 2. The molecule has 4 rings (SSSR count). The Labute approximate surface area is 183 Å². The summed E-state index contributed by atoms with van der Waals surface area (Å²) >= 11 is 0. The van der Waals surface area contributed by atoms with Gasteiger partial charge in [0.05, 0.1) is 5.41 Å². The van der Waals surface area contributed by atoms with Gasteiger partial charge < -0.3 is 15.5 Å². The average Bonchev–Trinajstić information content (AvgIpc) is 3.53. The molecule has 2 aromatic carbocycles. The SMILES string of the molecule is Cc1cc(C)cc(C2(C(=O)N3CCCC(CNC(=O)Nc4cccc(F)c4)C3)CC2)c1. The minimum Gasteiger partial charge on any atom is -0.342 e. The third kappa shape index (κ3) is 4.89. The second-order valence-corrected chi connectivity index (χ2v) is 9.06. The highest BCUT2D eigenvalue weighted by Crippen LogP contribution is 2.50. The molecule has 1 heterocycles. The van der Waals surface area contributed by atoms with E-state index in [2.05, 4.69) is 42.7 Å². The first kappa shape index (κ1) is 21.3. The molecule has 1 saturated carbocycles. The Morgan fingerprint density at radius 2 is 1.87 bits per heavy atom. The zero-order valence-electron chi connectivity index (χ0n) is 18.2. The first-order valence-electron chi connectivity index (χ1n) is 11.0. The van der Waals surface area contributed by atoms with Gasteiger partial charge in [-0.15, -0.1) is 0 Å². The van der Waals surface area contributed by atoms with Crippen LogP contribution >= 0.6 is 0 Å². The van der Waals surface area contributed by atoms with Crippen LogP contribution in [0.5, 0.6) is 0 Å². The van der Waals surface area contributed by atoms with Crippen LogP contribution in [0.4, 0.5) is 14.9 Å². The number of nitrogens with one attached hydrogen (secondary N) is 2. The first-order chi connectivity index (χ1) is 14.9. The molecule has 2 N–H and O–H groups in total. The van der Waals surface area contributed by atoms with Crippen LogP contribution in [0.25, 0.3) is 0 Å². The summed E-state index contributed by atoms with van der Waals surface area (Å²) in [4.78, 5) is 27.6. The normalized spacial score (nSPS) is 19.6. The van der Waals surface area contributed by atoms with Crippen LogP contribution in [-0.4, -0.2) is 36.5 Å². The van der Waals surface area contributed by atoms with Crippen LogP contribution in [0.3, 0.4) is 0 Å². The fourth-order valence-electron chi connectivity index (χ4n) is 4.70. The zero-order chi connectivity index (χ0) is 22.0. The lowest BCUT2D eigenvalue weighted by atomic mass is 9.89. The second kappa shape index (κ2) is 8.69. The number of piperidine rings is 1. The Kier molecular flexibility index (Phi) is 5.99. The fourth-order valence-corrected chi connectivity index (χ4v) is 4.70. The number of halogens is 1. The summed E-state index contributed by atoms with van der Waals surface area (Å²) in [5, 5.41) is 5.52. The summed E-state index contributed by atoms with van der Waals surface area (Å²) in [6.07, 6.45) is 3.72. The number of likely N-dealkylation sites (tertiary alicyclic amines) is 1. The van der Waals surface area contributed by atoms with Gasteiger partial charge in [-0.3, -0.25) is 4.79 Å². The molecule has 3 amide bonds. The lowest BCUT2D eigenvalue weighted by Crippen LogP contribution is -2.47. The molecule has 1 atom stereocenters. The highest BCUT2D eigenvalue weighted by Gasteiger charge is 2.53. The molecule has 31 heavy (non-hydrogen) atoms. The molecular weight excluding hydrogens is 393 g/mol. The molecule has 2 aliphatic rings. The van der Waals surface area contributed by atoms with Crippen molar-refractivity contribution in [2.45, 2.75) is 44.9 Å². The van der Waals surface area contributed by atoms with Gasteiger partial charge in [-0.2, -0.15) is 0 Å². The van der Waals surface area contributed by atoms with Crippen LogP contribution in [-0.2, 0) is 10.2 Å². The maximum atomic E-state index is 13.5. The third-order valence-corrected chi connectivity index (χ3v) is 6.37. The van der Waals surface area contributed by atoms with Crippen LogP contribution in [0.2, 0.25) is 0 Å². The van der Waals surface area contributed by atoms with E-state index in [0.717, 1.165) is 37.8 Å². The summed E-state index contributed by atoms with van der Waals surface area (Å²) in [6.45, 7) is 6.08. The van der Waals surface area contributed by atoms with Crippen molar-refractivity contribution >= 4 is 17.6 Å². The van der Waals surface area contributed by atoms with E-state index in [0.29, 0.717) is 18.8 Å². The predicted molar refractivity (Wildman–Crippen MR) is 120 cm³/mol. The zero-order valence-corrected chi connectivity index (χ0v) is 18.2. The minimum atomic E-state index is -0.392. The molecule has 2 aromatic rings. The lowest BCUT2D eigenvalue weighted by molar-refractivity contribution is -0.135. The Morgan fingerprint density at radius 3 is 2.55 bits per heavy atom. The summed E-state index contributed by atoms with van der Waals surface area (Å²) in [7, 11) is 0. The van der Waals surface area contributed by atoms with E-state index in [1.807, 2.05) is 4.90 Å². The Hall–Kier alpha value is -2.89. The van der Waals surface area contributed by atoms with Gasteiger partial charge in [-0.25, -0.2) is 9.18 Å². The van der Waals surface area contributed by atoms with Crippen LogP contribution in [0.1, 0.15) is 42.4 Å². The number of rotatable bonds is 5. The first-order valence-corrected chi connectivity index (χ1v) is 11.0.